The molecule has 1 atom stereocenters. The first-order valence-corrected chi connectivity index (χ1v) is 8.93. The molecule has 4 nitrogen and oxygen atoms in total. The van der Waals surface area contributed by atoms with Crippen LogP contribution in [0.5, 0.6) is 5.75 Å². The van der Waals surface area contributed by atoms with Crippen LogP contribution in [0.15, 0.2) is 48.5 Å². The van der Waals surface area contributed by atoms with Crippen molar-refractivity contribution in [2.75, 3.05) is 13.2 Å². The fourth-order valence-electron chi connectivity index (χ4n) is 2.66. The van der Waals surface area contributed by atoms with E-state index in [1.165, 1.54) is 0 Å². The van der Waals surface area contributed by atoms with E-state index in [1.54, 1.807) is 19.1 Å². The molecule has 4 heteroatoms. The average Bonchev–Trinajstić information content (AvgIpc) is 2.69. The highest BCUT2D eigenvalue weighted by molar-refractivity contribution is 5.89. The Labute approximate surface area is 154 Å². The van der Waals surface area contributed by atoms with Crippen molar-refractivity contribution >= 4 is 5.97 Å². The first kappa shape index (κ1) is 18.0. The van der Waals surface area contributed by atoms with E-state index in [0.717, 1.165) is 42.7 Å². The van der Waals surface area contributed by atoms with Gasteiger partial charge in [-0.15, -0.1) is 0 Å². The van der Waals surface area contributed by atoms with Gasteiger partial charge in [0.15, 0.2) is 6.29 Å². The molecule has 0 spiro atoms. The number of esters is 1. The van der Waals surface area contributed by atoms with E-state index in [0.29, 0.717) is 12.2 Å². The standard InChI is InChI=1S/C22H22O4/c1-2-24-22(23)19-14-11-17(12-15-19)10-13-18-7-3-4-8-20(18)26-21-9-5-6-16-25-21/h3-4,7-8,11-12,14-15,21H,2,5-6,9,16H2,1H3. The van der Waals surface area contributed by atoms with Gasteiger partial charge in [-0.25, -0.2) is 4.79 Å². The second kappa shape index (κ2) is 9.07. The van der Waals surface area contributed by atoms with Crippen molar-refractivity contribution in [3.8, 4) is 17.6 Å². The largest absolute Gasteiger partial charge is 0.464 e. The zero-order chi connectivity index (χ0) is 18.2. The highest BCUT2D eigenvalue weighted by Gasteiger charge is 2.16. The molecular weight excluding hydrogens is 328 g/mol. The summed E-state index contributed by atoms with van der Waals surface area (Å²) in [5, 5.41) is 0. The van der Waals surface area contributed by atoms with Crippen LogP contribution < -0.4 is 4.74 Å². The SMILES string of the molecule is CCOC(=O)c1ccc(C#Cc2ccccc2OC2CCCCO2)cc1. The molecule has 26 heavy (non-hydrogen) atoms. The normalized spacial score (nSPS) is 16.3. The van der Waals surface area contributed by atoms with Gasteiger partial charge in [0.2, 0.25) is 0 Å². The first-order chi connectivity index (χ1) is 12.8. The molecule has 0 saturated carbocycles. The van der Waals surface area contributed by atoms with E-state index in [9.17, 15) is 4.79 Å². The molecule has 1 aliphatic heterocycles. The third-order valence-corrected chi connectivity index (χ3v) is 4.02. The highest BCUT2D eigenvalue weighted by Crippen LogP contribution is 2.22. The Kier molecular flexibility index (Phi) is 6.29. The lowest BCUT2D eigenvalue weighted by atomic mass is 10.1. The summed E-state index contributed by atoms with van der Waals surface area (Å²) in [5.41, 5.74) is 2.16. The maximum Gasteiger partial charge on any atom is 0.338 e. The molecule has 134 valence electrons. The molecule has 0 bridgehead atoms. The zero-order valence-corrected chi connectivity index (χ0v) is 14.9. The Bertz CT molecular complexity index is 793. The third kappa shape index (κ3) is 4.87. The molecular formula is C22H22O4. The quantitative estimate of drug-likeness (QED) is 0.613. The van der Waals surface area contributed by atoms with Crippen LogP contribution in [0.25, 0.3) is 0 Å². The van der Waals surface area contributed by atoms with Crippen LogP contribution in [-0.4, -0.2) is 25.5 Å². The van der Waals surface area contributed by atoms with Gasteiger partial charge in [0.1, 0.15) is 5.75 Å². The Balaban J connectivity index is 1.72. The second-order valence-electron chi connectivity index (χ2n) is 5.96. The molecule has 1 saturated heterocycles. The fraction of sp³-hybridized carbons (Fsp3) is 0.318. The number of para-hydroxylation sites is 1. The van der Waals surface area contributed by atoms with Crippen molar-refractivity contribution in [2.45, 2.75) is 32.5 Å². The van der Waals surface area contributed by atoms with E-state index in [4.69, 9.17) is 14.2 Å². The second-order valence-corrected chi connectivity index (χ2v) is 5.96. The van der Waals surface area contributed by atoms with Crippen LogP contribution in [0.3, 0.4) is 0 Å². The lowest BCUT2D eigenvalue weighted by Gasteiger charge is -2.23. The average molecular weight is 350 g/mol. The minimum absolute atomic E-state index is 0.199. The van der Waals surface area contributed by atoms with Crippen molar-refractivity contribution in [1.82, 2.24) is 0 Å². The summed E-state index contributed by atoms with van der Waals surface area (Å²) in [7, 11) is 0. The highest BCUT2D eigenvalue weighted by atomic mass is 16.7. The van der Waals surface area contributed by atoms with Crippen molar-refractivity contribution in [1.29, 1.82) is 0 Å². The lowest BCUT2D eigenvalue weighted by molar-refractivity contribution is -0.106. The van der Waals surface area contributed by atoms with Crippen LogP contribution in [-0.2, 0) is 9.47 Å². The van der Waals surface area contributed by atoms with Gasteiger partial charge in [-0.2, -0.15) is 0 Å². The lowest BCUT2D eigenvalue weighted by Crippen LogP contribution is -2.25. The molecule has 0 aliphatic carbocycles. The van der Waals surface area contributed by atoms with Gasteiger partial charge in [-0.3, -0.25) is 0 Å². The topological polar surface area (TPSA) is 44.8 Å². The van der Waals surface area contributed by atoms with Crippen molar-refractivity contribution in [3.63, 3.8) is 0 Å². The number of carbonyl (C=O) groups excluding carboxylic acids is 1. The maximum atomic E-state index is 11.7. The summed E-state index contributed by atoms with van der Waals surface area (Å²) in [6.45, 7) is 2.89. The zero-order valence-electron chi connectivity index (χ0n) is 14.9. The Morgan fingerprint density at radius 2 is 1.92 bits per heavy atom. The summed E-state index contributed by atoms with van der Waals surface area (Å²) in [6, 6.07) is 14.8. The number of benzene rings is 2. The van der Waals surface area contributed by atoms with Gasteiger partial charge in [0, 0.05) is 12.0 Å². The number of carbonyl (C=O) groups is 1. The Morgan fingerprint density at radius 3 is 2.65 bits per heavy atom. The van der Waals surface area contributed by atoms with Crippen LogP contribution in [0.1, 0.15) is 47.7 Å². The van der Waals surface area contributed by atoms with Gasteiger partial charge in [-0.1, -0.05) is 24.0 Å². The van der Waals surface area contributed by atoms with Crippen molar-refractivity contribution < 1.29 is 19.0 Å². The number of rotatable bonds is 4. The predicted octanol–water partition coefficient (Wildman–Crippen LogP) is 4.17. The van der Waals surface area contributed by atoms with E-state index in [2.05, 4.69) is 11.8 Å². The maximum absolute atomic E-state index is 11.7. The van der Waals surface area contributed by atoms with E-state index in [-0.39, 0.29) is 12.3 Å². The van der Waals surface area contributed by atoms with Crippen molar-refractivity contribution in [2.24, 2.45) is 0 Å². The Morgan fingerprint density at radius 1 is 1.12 bits per heavy atom. The predicted molar refractivity (Wildman–Crippen MR) is 99.0 cm³/mol. The fourth-order valence-corrected chi connectivity index (χ4v) is 2.66. The van der Waals surface area contributed by atoms with Crippen LogP contribution in [0.4, 0.5) is 0 Å². The first-order valence-electron chi connectivity index (χ1n) is 8.93. The molecule has 1 aliphatic rings. The number of hydrogen-bond donors (Lipinski definition) is 0. The molecule has 3 rings (SSSR count). The molecule has 1 unspecified atom stereocenters. The van der Waals surface area contributed by atoms with Gasteiger partial charge in [0.25, 0.3) is 0 Å². The van der Waals surface area contributed by atoms with Gasteiger partial charge in [0.05, 0.1) is 24.3 Å². The summed E-state index contributed by atoms with van der Waals surface area (Å²) in [4.78, 5) is 11.7. The smallest absolute Gasteiger partial charge is 0.338 e. The third-order valence-electron chi connectivity index (χ3n) is 4.02. The van der Waals surface area contributed by atoms with Gasteiger partial charge in [-0.05, 0) is 56.2 Å². The monoisotopic (exact) mass is 350 g/mol. The van der Waals surface area contributed by atoms with Crippen LogP contribution >= 0.6 is 0 Å². The van der Waals surface area contributed by atoms with Gasteiger partial charge >= 0.3 is 5.97 Å². The molecule has 0 radical (unpaired) electrons. The molecule has 2 aromatic rings. The molecule has 0 amide bonds. The molecule has 0 N–H and O–H groups in total. The van der Waals surface area contributed by atoms with Crippen LogP contribution in [0, 0.1) is 11.8 Å². The summed E-state index contributed by atoms with van der Waals surface area (Å²) in [6.07, 6.45) is 2.90. The van der Waals surface area contributed by atoms with Crippen molar-refractivity contribution in [3.05, 3.63) is 65.2 Å². The molecule has 0 aromatic heterocycles. The Hall–Kier alpha value is -2.77. The minimum atomic E-state index is -0.321. The van der Waals surface area contributed by atoms with Gasteiger partial charge < -0.3 is 14.2 Å². The van der Waals surface area contributed by atoms with E-state index >= 15 is 0 Å². The number of hydrogen-bond acceptors (Lipinski definition) is 4. The van der Waals surface area contributed by atoms with E-state index < -0.39 is 0 Å². The summed E-state index contributed by atoms with van der Waals surface area (Å²) < 4.78 is 16.6. The molecule has 1 fully saturated rings. The molecule has 2 aromatic carbocycles. The summed E-state index contributed by atoms with van der Waals surface area (Å²) >= 11 is 0. The molecule has 1 heterocycles. The van der Waals surface area contributed by atoms with Crippen LogP contribution in [0.2, 0.25) is 0 Å². The summed E-state index contributed by atoms with van der Waals surface area (Å²) in [5.74, 6) is 6.67. The minimum Gasteiger partial charge on any atom is -0.464 e. The number of ether oxygens (including phenoxy) is 3. The van der Waals surface area contributed by atoms with E-state index in [1.807, 2.05) is 36.4 Å².